The normalized spacial score (nSPS) is 12.8. The molecule has 0 saturated carbocycles. The van der Waals surface area contributed by atoms with Gasteiger partial charge >= 0.3 is 0 Å². The van der Waals surface area contributed by atoms with E-state index >= 15 is 0 Å². The molecule has 84 valence electrons. The van der Waals surface area contributed by atoms with E-state index in [0.29, 0.717) is 12.0 Å². The van der Waals surface area contributed by atoms with Gasteiger partial charge in [-0.2, -0.15) is 0 Å². The predicted molar refractivity (Wildman–Crippen MR) is 63.0 cm³/mol. The third-order valence-corrected chi connectivity index (χ3v) is 2.30. The zero-order valence-electron chi connectivity index (χ0n) is 9.73. The maximum atomic E-state index is 5.44. The number of rotatable bonds is 6. The van der Waals surface area contributed by atoms with E-state index in [4.69, 9.17) is 4.74 Å². The van der Waals surface area contributed by atoms with Crippen molar-refractivity contribution in [2.45, 2.75) is 26.8 Å². The van der Waals surface area contributed by atoms with Crippen molar-refractivity contribution >= 4 is 5.82 Å². The van der Waals surface area contributed by atoms with E-state index in [-0.39, 0.29) is 0 Å². The zero-order valence-corrected chi connectivity index (χ0v) is 9.73. The van der Waals surface area contributed by atoms with E-state index < -0.39 is 0 Å². The van der Waals surface area contributed by atoms with Crippen LogP contribution in [0.4, 0.5) is 5.82 Å². The quantitative estimate of drug-likeness (QED) is 0.780. The van der Waals surface area contributed by atoms with Crippen molar-refractivity contribution in [3.05, 3.63) is 24.4 Å². The first-order chi connectivity index (χ1) is 7.24. The van der Waals surface area contributed by atoms with E-state index in [1.807, 2.05) is 25.1 Å². The molecule has 0 saturated heterocycles. The van der Waals surface area contributed by atoms with Gasteiger partial charge in [0.15, 0.2) is 0 Å². The van der Waals surface area contributed by atoms with Crippen LogP contribution in [0.1, 0.15) is 20.8 Å². The molecule has 15 heavy (non-hydrogen) atoms. The standard InChI is InChI=1S/C12H20N2O/c1-4-15-9-11(10(2)3)14-12-7-5-6-8-13-12/h5-8,10-11H,4,9H2,1-3H3,(H,13,14). The summed E-state index contributed by atoms with van der Waals surface area (Å²) in [5, 5.41) is 3.38. The van der Waals surface area contributed by atoms with Crippen molar-refractivity contribution in [2.24, 2.45) is 5.92 Å². The van der Waals surface area contributed by atoms with Gasteiger partial charge in [-0.3, -0.25) is 0 Å². The predicted octanol–water partition coefficient (Wildman–Crippen LogP) is 2.55. The molecule has 1 aromatic heterocycles. The molecule has 1 heterocycles. The lowest BCUT2D eigenvalue weighted by atomic mass is 10.1. The number of hydrogen-bond donors (Lipinski definition) is 1. The van der Waals surface area contributed by atoms with Gasteiger partial charge in [-0.1, -0.05) is 19.9 Å². The summed E-state index contributed by atoms with van der Waals surface area (Å²) in [6.45, 7) is 7.86. The SMILES string of the molecule is CCOCC(Nc1ccccn1)C(C)C. The van der Waals surface area contributed by atoms with Gasteiger partial charge in [0.1, 0.15) is 5.82 Å². The summed E-state index contributed by atoms with van der Waals surface area (Å²) in [6.07, 6.45) is 1.79. The Balaban J connectivity index is 2.51. The second-order valence-corrected chi connectivity index (χ2v) is 3.87. The molecule has 1 N–H and O–H groups in total. The number of nitrogens with zero attached hydrogens (tertiary/aromatic N) is 1. The van der Waals surface area contributed by atoms with E-state index in [1.54, 1.807) is 6.20 Å². The Kier molecular flexibility index (Phi) is 5.12. The number of pyridine rings is 1. The molecule has 1 atom stereocenters. The molecule has 1 aromatic rings. The Morgan fingerprint density at radius 2 is 2.20 bits per heavy atom. The van der Waals surface area contributed by atoms with Crippen LogP contribution in [0.5, 0.6) is 0 Å². The minimum atomic E-state index is 0.319. The maximum absolute atomic E-state index is 5.44. The molecule has 0 spiro atoms. The first kappa shape index (κ1) is 12.0. The Bertz CT molecular complexity index is 262. The highest BCUT2D eigenvalue weighted by atomic mass is 16.5. The van der Waals surface area contributed by atoms with Crippen LogP contribution in [0, 0.1) is 5.92 Å². The molecule has 3 heteroatoms. The molecule has 0 aliphatic rings. The van der Waals surface area contributed by atoms with Crippen LogP contribution >= 0.6 is 0 Å². The topological polar surface area (TPSA) is 34.1 Å². The monoisotopic (exact) mass is 208 g/mol. The van der Waals surface area contributed by atoms with Gasteiger partial charge in [-0.05, 0) is 25.0 Å². The summed E-state index contributed by atoms with van der Waals surface area (Å²) in [5.74, 6) is 1.44. The minimum absolute atomic E-state index is 0.319. The van der Waals surface area contributed by atoms with Gasteiger partial charge in [0.05, 0.1) is 12.6 Å². The Morgan fingerprint density at radius 1 is 1.40 bits per heavy atom. The second kappa shape index (κ2) is 6.40. The molecular weight excluding hydrogens is 188 g/mol. The molecular formula is C12H20N2O. The minimum Gasteiger partial charge on any atom is -0.380 e. The lowest BCUT2D eigenvalue weighted by Gasteiger charge is -2.22. The molecule has 0 aliphatic carbocycles. The van der Waals surface area contributed by atoms with Crippen molar-refractivity contribution in [1.82, 2.24) is 4.98 Å². The van der Waals surface area contributed by atoms with Crippen LogP contribution in [-0.2, 0) is 4.74 Å². The van der Waals surface area contributed by atoms with Crippen LogP contribution in [0.3, 0.4) is 0 Å². The summed E-state index contributed by atoms with van der Waals surface area (Å²) in [5.41, 5.74) is 0. The van der Waals surface area contributed by atoms with E-state index in [2.05, 4.69) is 24.1 Å². The van der Waals surface area contributed by atoms with Gasteiger partial charge in [-0.15, -0.1) is 0 Å². The van der Waals surface area contributed by atoms with Gasteiger partial charge in [0.2, 0.25) is 0 Å². The molecule has 0 amide bonds. The summed E-state index contributed by atoms with van der Waals surface area (Å²) in [6, 6.07) is 6.19. The van der Waals surface area contributed by atoms with Gasteiger partial charge in [0.25, 0.3) is 0 Å². The van der Waals surface area contributed by atoms with Crippen molar-refractivity contribution in [1.29, 1.82) is 0 Å². The molecule has 0 aromatic carbocycles. The average molecular weight is 208 g/mol. The zero-order chi connectivity index (χ0) is 11.1. The fraction of sp³-hybridized carbons (Fsp3) is 0.583. The first-order valence-corrected chi connectivity index (χ1v) is 5.49. The second-order valence-electron chi connectivity index (χ2n) is 3.87. The number of hydrogen-bond acceptors (Lipinski definition) is 3. The number of nitrogens with one attached hydrogen (secondary N) is 1. The Hall–Kier alpha value is -1.09. The largest absolute Gasteiger partial charge is 0.380 e. The highest BCUT2D eigenvalue weighted by molar-refractivity contribution is 5.34. The highest BCUT2D eigenvalue weighted by Gasteiger charge is 2.13. The third kappa shape index (κ3) is 4.30. The van der Waals surface area contributed by atoms with Gasteiger partial charge < -0.3 is 10.1 Å². The summed E-state index contributed by atoms with van der Waals surface area (Å²) >= 11 is 0. The van der Waals surface area contributed by atoms with E-state index in [9.17, 15) is 0 Å². The van der Waals surface area contributed by atoms with Crippen LogP contribution in [0.25, 0.3) is 0 Å². The number of aromatic nitrogens is 1. The lowest BCUT2D eigenvalue weighted by molar-refractivity contribution is 0.126. The van der Waals surface area contributed by atoms with Crippen LogP contribution in [0.2, 0.25) is 0 Å². The fourth-order valence-electron chi connectivity index (χ4n) is 1.28. The van der Waals surface area contributed by atoms with E-state index in [1.165, 1.54) is 0 Å². The molecule has 0 aliphatic heterocycles. The van der Waals surface area contributed by atoms with Gasteiger partial charge in [-0.25, -0.2) is 4.98 Å². The van der Waals surface area contributed by atoms with Crippen LogP contribution in [0.15, 0.2) is 24.4 Å². The third-order valence-electron chi connectivity index (χ3n) is 2.30. The lowest BCUT2D eigenvalue weighted by Crippen LogP contribution is -2.31. The molecule has 0 radical (unpaired) electrons. The van der Waals surface area contributed by atoms with Crippen molar-refractivity contribution in [2.75, 3.05) is 18.5 Å². The molecule has 1 unspecified atom stereocenters. The highest BCUT2D eigenvalue weighted by Crippen LogP contribution is 2.10. The van der Waals surface area contributed by atoms with Crippen molar-refractivity contribution in [3.8, 4) is 0 Å². The van der Waals surface area contributed by atoms with Crippen LogP contribution in [-0.4, -0.2) is 24.2 Å². The maximum Gasteiger partial charge on any atom is 0.126 e. The van der Waals surface area contributed by atoms with Crippen molar-refractivity contribution in [3.63, 3.8) is 0 Å². The Labute approximate surface area is 91.9 Å². The van der Waals surface area contributed by atoms with Crippen LogP contribution < -0.4 is 5.32 Å². The smallest absolute Gasteiger partial charge is 0.126 e. The van der Waals surface area contributed by atoms with E-state index in [0.717, 1.165) is 19.0 Å². The first-order valence-electron chi connectivity index (χ1n) is 5.49. The molecule has 0 bridgehead atoms. The molecule has 1 rings (SSSR count). The number of ether oxygens (including phenoxy) is 1. The summed E-state index contributed by atoms with van der Waals surface area (Å²) in [7, 11) is 0. The summed E-state index contributed by atoms with van der Waals surface area (Å²) in [4.78, 5) is 4.24. The van der Waals surface area contributed by atoms with Crippen molar-refractivity contribution < 1.29 is 4.74 Å². The average Bonchev–Trinajstić information content (AvgIpc) is 2.25. The summed E-state index contributed by atoms with van der Waals surface area (Å²) < 4.78 is 5.44. The van der Waals surface area contributed by atoms with Gasteiger partial charge in [0, 0.05) is 12.8 Å². The number of anilines is 1. The molecule has 3 nitrogen and oxygen atoms in total. The fourth-order valence-corrected chi connectivity index (χ4v) is 1.28. The molecule has 0 fully saturated rings. The Morgan fingerprint density at radius 3 is 2.73 bits per heavy atom.